The highest BCUT2D eigenvalue weighted by atomic mass is 79.9. The molecular weight excluding hydrogens is 234 g/mol. The van der Waals surface area contributed by atoms with Crippen LogP contribution in [0.15, 0.2) is 18.3 Å². The first-order valence-corrected chi connectivity index (χ1v) is 5.08. The summed E-state index contributed by atoms with van der Waals surface area (Å²) >= 11 is 3.09. The molecule has 0 aromatic carbocycles. The van der Waals surface area contributed by atoms with E-state index in [0.29, 0.717) is 23.4 Å². The number of alkyl halides is 1. The highest BCUT2D eigenvalue weighted by Crippen LogP contribution is 2.08. The van der Waals surface area contributed by atoms with Gasteiger partial charge < -0.3 is 4.74 Å². The molecule has 1 aromatic rings. The lowest BCUT2D eigenvalue weighted by molar-refractivity contribution is 0.102. The molecule has 1 heterocycles. The van der Waals surface area contributed by atoms with Gasteiger partial charge in [0.05, 0.1) is 11.9 Å². The molecular formula is C9H10BrNO2. The standard InChI is InChI=1S/C9H10BrNO2/c1-2-13-9-4-3-7(6-11-9)8(12)5-10/h3-4,6H,2,5H2,1H3. The van der Waals surface area contributed by atoms with Crippen molar-refractivity contribution < 1.29 is 9.53 Å². The van der Waals surface area contributed by atoms with Gasteiger partial charge in [-0.05, 0) is 13.0 Å². The first-order valence-electron chi connectivity index (χ1n) is 3.96. The summed E-state index contributed by atoms with van der Waals surface area (Å²) < 4.78 is 5.14. The van der Waals surface area contributed by atoms with Crippen molar-refractivity contribution in [1.82, 2.24) is 4.98 Å². The maximum Gasteiger partial charge on any atom is 0.213 e. The lowest BCUT2D eigenvalue weighted by Crippen LogP contribution is -2.01. The molecule has 0 bridgehead atoms. The molecule has 0 N–H and O–H groups in total. The number of rotatable bonds is 4. The van der Waals surface area contributed by atoms with E-state index in [1.165, 1.54) is 6.20 Å². The molecule has 0 saturated carbocycles. The Bertz CT molecular complexity index is 284. The molecule has 0 atom stereocenters. The van der Waals surface area contributed by atoms with Crippen LogP contribution in [0.5, 0.6) is 5.88 Å². The van der Waals surface area contributed by atoms with Gasteiger partial charge in [0.15, 0.2) is 5.78 Å². The molecule has 0 spiro atoms. The molecule has 3 nitrogen and oxygen atoms in total. The maximum absolute atomic E-state index is 11.2. The van der Waals surface area contributed by atoms with Crippen LogP contribution in [0.1, 0.15) is 17.3 Å². The second-order valence-corrected chi connectivity index (χ2v) is 2.94. The summed E-state index contributed by atoms with van der Waals surface area (Å²) in [6.45, 7) is 2.47. The molecule has 0 saturated heterocycles. The Morgan fingerprint density at radius 2 is 2.38 bits per heavy atom. The van der Waals surface area contributed by atoms with Crippen LogP contribution in [-0.2, 0) is 0 Å². The molecule has 0 aliphatic heterocycles. The van der Waals surface area contributed by atoms with Crippen LogP contribution in [0.2, 0.25) is 0 Å². The number of carbonyl (C=O) groups excluding carboxylic acids is 1. The lowest BCUT2D eigenvalue weighted by Gasteiger charge is -2.01. The Kier molecular flexibility index (Phi) is 3.89. The molecule has 4 heteroatoms. The van der Waals surface area contributed by atoms with E-state index in [4.69, 9.17) is 4.74 Å². The van der Waals surface area contributed by atoms with Crippen LogP contribution in [0, 0.1) is 0 Å². The van der Waals surface area contributed by atoms with E-state index in [2.05, 4.69) is 20.9 Å². The Morgan fingerprint density at radius 3 is 2.85 bits per heavy atom. The van der Waals surface area contributed by atoms with Crippen molar-refractivity contribution in [3.8, 4) is 5.88 Å². The van der Waals surface area contributed by atoms with E-state index < -0.39 is 0 Å². The molecule has 0 amide bonds. The minimum atomic E-state index is 0.0237. The number of halogens is 1. The third kappa shape index (κ3) is 2.81. The number of hydrogen-bond acceptors (Lipinski definition) is 3. The second kappa shape index (κ2) is 4.97. The molecule has 70 valence electrons. The molecule has 1 aromatic heterocycles. The summed E-state index contributed by atoms with van der Waals surface area (Å²) in [6, 6.07) is 3.40. The number of carbonyl (C=O) groups is 1. The third-order valence-electron chi connectivity index (χ3n) is 1.47. The van der Waals surface area contributed by atoms with Gasteiger partial charge in [-0.3, -0.25) is 4.79 Å². The normalized spacial score (nSPS) is 9.69. The fourth-order valence-corrected chi connectivity index (χ4v) is 1.18. The van der Waals surface area contributed by atoms with Crippen molar-refractivity contribution in [2.75, 3.05) is 11.9 Å². The fraction of sp³-hybridized carbons (Fsp3) is 0.333. The van der Waals surface area contributed by atoms with Crippen molar-refractivity contribution in [3.63, 3.8) is 0 Å². The largest absolute Gasteiger partial charge is 0.478 e. The van der Waals surface area contributed by atoms with Crippen LogP contribution in [-0.4, -0.2) is 22.7 Å². The van der Waals surface area contributed by atoms with E-state index in [1.54, 1.807) is 12.1 Å². The topological polar surface area (TPSA) is 39.2 Å². The number of pyridine rings is 1. The van der Waals surface area contributed by atoms with E-state index in [-0.39, 0.29) is 5.78 Å². The number of aromatic nitrogens is 1. The minimum absolute atomic E-state index is 0.0237. The van der Waals surface area contributed by atoms with Crippen molar-refractivity contribution in [2.24, 2.45) is 0 Å². The Labute approximate surface area is 85.3 Å². The zero-order chi connectivity index (χ0) is 9.68. The molecule has 0 fully saturated rings. The van der Waals surface area contributed by atoms with Gasteiger partial charge in [-0.1, -0.05) is 15.9 Å². The van der Waals surface area contributed by atoms with E-state index in [9.17, 15) is 4.79 Å². The van der Waals surface area contributed by atoms with Gasteiger partial charge in [0.25, 0.3) is 0 Å². The van der Waals surface area contributed by atoms with Crippen LogP contribution in [0.4, 0.5) is 0 Å². The first kappa shape index (κ1) is 10.2. The predicted molar refractivity (Wildman–Crippen MR) is 53.5 cm³/mol. The highest BCUT2D eigenvalue weighted by molar-refractivity contribution is 9.09. The third-order valence-corrected chi connectivity index (χ3v) is 1.98. The van der Waals surface area contributed by atoms with Gasteiger partial charge in [0.2, 0.25) is 5.88 Å². The smallest absolute Gasteiger partial charge is 0.213 e. The summed E-state index contributed by atoms with van der Waals surface area (Å²) in [5.74, 6) is 0.573. The Balaban J connectivity index is 2.75. The quantitative estimate of drug-likeness (QED) is 0.601. The highest BCUT2D eigenvalue weighted by Gasteiger charge is 2.03. The van der Waals surface area contributed by atoms with Crippen molar-refractivity contribution >= 4 is 21.7 Å². The molecule has 0 aliphatic rings. The van der Waals surface area contributed by atoms with Gasteiger partial charge in [-0.2, -0.15) is 0 Å². The van der Waals surface area contributed by atoms with Crippen LogP contribution >= 0.6 is 15.9 Å². The van der Waals surface area contributed by atoms with Crippen molar-refractivity contribution in [1.29, 1.82) is 0 Å². The molecule has 0 unspecified atom stereocenters. The number of ether oxygens (including phenoxy) is 1. The van der Waals surface area contributed by atoms with Gasteiger partial charge in [-0.25, -0.2) is 4.98 Å². The SMILES string of the molecule is CCOc1ccc(C(=O)CBr)cn1. The number of ketones is 1. The monoisotopic (exact) mass is 243 g/mol. The van der Waals surface area contributed by atoms with Gasteiger partial charge in [0, 0.05) is 17.8 Å². The van der Waals surface area contributed by atoms with E-state index in [0.717, 1.165) is 0 Å². The lowest BCUT2D eigenvalue weighted by atomic mass is 10.2. The predicted octanol–water partition coefficient (Wildman–Crippen LogP) is 2.06. The summed E-state index contributed by atoms with van der Waals surface area (Å²) in [4.78, 5) is 15.1. The van der Waals surface area contributed by atoms with E-state index in [1.807, 2.05) is 6.92 Å². The average molecular weight is 244 g/mol. The maximum atomic E-state index is 11.2. The average Bonchev–Trinajstić information content (AvgIpc) is 2.18. The zero-order valence-electron chi connectivity index (χ0n) is 7.29. The van der Waals surface area contributed by atoms with Crippen molar-refractivity contribution in [3.05, 3.63) is 23.9 Å². The van der Waals surface area contributed by atoms with E-state index >= 15 is 0 Å². The van der Waals surface area contributed by atoms with Gasteiger partial charge >= 0.3 is 0 Å². The second-order valence-electron chi connectivity index (χ2n) is 2.37. The number of nitrogens with zero attached hydrogens (tertiary/aromatic N) is 1. The number of hydrogen-bond donors (Lipinski definition) is 0. The first-order chi connectivity index (χ1) is 6.27. The summed E-state index contributed by atoms with van der Waals surface area (Å²) in [5, 5.41) is 0.322. The van der Waals surface area contributed by atoms with Gasteiger partial charge in [0.1, 0.15) is 0 Å². The molecule has 13 heavy (non-hydrogen) atoms. The summed E-state index contributed by atoms with van der Waals surface area (Å²) in [6.07, 6.45) is 1.52. The van der Waals surface area contributed by atoms with Crippen LogP contribution < -0.4 is 4.74 Å². The van der Waals surface area contributed by atoms with Gasteiger partial charge in [-0.15, -0.1) is 0 Å². The van der Waals surface area contributed by atoms with Crippen LogP contribution in [0.25, 0.3) is 0 Å². The Hall–Kier alpha value is -0.900. The zero-order valence-corrected chi connectivity index (χ0v) is 8.87. The molecule has 0 aliphatic carbocycles. The molecule has 1 rings (SSSR count). The minimum Gasteiger partial charge on any atom is -0.478 e. The summed E-state index contributed by atoms with van der Waals surface area (Å²) in [7, 11) is 0. The summed E-state index contributed by atoms with van der Waals surface area (Å²) in [5.41, 5.74) is 0.598. The number of Topliss-reactive ketones (excluding diaryl/α,β-unsaturated/α-hetero) is 1. The molecule has 0 radical (unpaired) electrons. The van der Waals surface area contributed by atoms with Crippen LogP contribution in [0.3, 0.4) is 0 Å². The fourth-order valence-electron chi connectivity index (χ4n) is 0.856. The Morgan fingerprint density at radius 1 is 1.62 bits per heavy atom. The van der Waals surface area contributed by atoms with Crippen molar-refractivity contribution in [2.45, 2.75) is 6.92 Å².